The number of carbonyl (C=O) groups is 2. The Morgan fingerprint density at radius 3 is 2.86 bits per heavy atom. The highest BCUT2D eigenvalue weighted by atomic mass is 16.2. The molecule has 1 aromatic heterocycles. The van der Waals surface area contributed by atoms with E-state index in [0.717, 1.165) is 25.3 Å². The maximum atomic E-state index is 12.2. The molecule has 0 fully saturated rings. The Bertz CT molecular complexity index is 577. The van der Waals surface area contributed by atoms with Gasteiger partial charge >= 0.3 is 0 Å². The van der Waals surface area contributed by atoms with Crippen molar-refractivity contribution in [3.63, 3.8) is 0 Å². The SMILES string of the molecule is CCN(C)CC/C=C/C(=O)N1CCn2c(C(C)=O)cnc2C1. The number of imidazole rings is 1. The summed E-state index contributed by atoms with van der Waals surface area (Å²) in [6, 6.07) is 0. The summed E-state index contributed by atoms with van der Waals surface area (Å²) < 4.78 is 1.91. The molecule has 0 bridgehead atoms. The van der Waals surface area contributed by atoms with E-state index in [4.69, 9.17) is 0 Å². The molecule has 2 rings (SSSR count). The third-order valence-electron chi connectivity index (χ3n) is 4.01. The molecule has 1 aromatic rings. The first-order valence-electron chi connectivity index (χ1n) is 7.72. The summed E-state index contributed by atoms with van der Waals surface area (Å²) in [5.74, 6) is 0.806. The molecule has 0 aromatic carbocycles. The van der Waals surface area contributed by atoms with E-state index >= 15 is 0 Å². The number of fused-ring (bicyclic) bond motifs is 1. The number of amides is 1. The van der Waals surface area contributed by atoms with Gasteiger partial charge in [-0.05, 0) is 26.1 Å². The first-order valence-corrected chi connectivity index (χ1v) is 7.72. The average molecular weight is 304 g/mol. The minimum absolute atomic E-state index is 0.0118. The topological polar surface area (TPSA) is 58.4 Å². The Hall–Kier alpha value is -1.95. The number of nitrogens with zero attached hydrogens (tertiary/aromatic N) is 4. The maximum Gasteiger partial charge on any atom is 0.246 e. The van der Waals surface area contributed by atoms with Crippen LogP contribution in [-0.2, 0) is 17.9 Å². The molecule has 1 amide bonds. The van der Waals surface area contributed by atoms with Crippen LogP contribution in [0.25, 0.3) is 0 Å². The lowest BCUT2D eigenvalue weighted by Gasteiger charge is -2.27. The molecule has 6 nitrogen and oxygen atoms in total. The largest absolute Gasteiger partial charge is 0.330 e. The van der Waals surface area contributed by atoms with Gasteiger partial charge in [0.1, 0.15) is 11.5 Å². The van der Waals surface area contributed by atoms with Crippen LogP contribution in [0.5, 0.6) is 0 Å². The fourth-order valence-corrected chi connectivity index (χ4v) is 2.47. The van der Waals surface area contributed by atoms with Gasteiger partial charge in [0.15, 0.2) is 5.78 Å². The molecule has 22 heavy (non-hydrogen) atoms. The quantitative estimate of drug-likeness (QED) is 0.587. The third-order valence-corrected chi connectivity index (χ3v) is 4.01. The molecule has 0 spiro atoms. The van der Waals surface area contributed by atoms with Crippen molar-refractivity contribution >= 4 is 11.7 Å². The Kier molecular flexibility index (Phi) is 5.49. The van der Waals surface area contributed by atoms with Crippen LogP contribution < -0.4 is 0 Å². The van der Waals surface area contributed by atoms with E-state index in [1.165, 1.54) is 6.92 Å². The molecule has 120 valence electrons. The van der Waals surface area contributed by atoms with Crippen molar-refractivity contribution in [3.8, 4) is 0 Å². The second kappa shape index (κ2) is 7.35. The molecule has 1 aliphatic rings. The van der Waals surface area contributed by atoms with Crippen molar-refractivity contribution in [1.82, 2.24) is 19.4 Å². The molecule has 2 heterocycles. The smallest absolute Gasteiger partial charge is 0.246 e. The zero-order valence-corrected chi connectivity index (χ0v) is 13.6. The highest BCUT2D eigenvalue weighted by molar-refractivity contribution is 5.92. The lowest BCUT2D eigenvalue weighted by atomic mass is 10.3. The minimum Gasteiger partial charge on any atom is -0.330 e. The predicted octanol–water partition coefficient (Wildman–Crippen LogP) is 1.33. The van der Waals surface area contributed by atoms with Gasteiger partial charge in [0.05, 0.1) is 12.7 Å². The van der Waals surface area contributed by atoms with Gasteiger partial charge in [0.25, 0.3) is 0 Å². The number of hydrogen-bond acceptors (Lipinski definition) is 4. The second-order valence-corrected chi connectivity index (χ2v) is 5.61. The minimum atomic E-state index is 0.0118. The van der Waals surface area contributed by atoms with Crippen molar-refractivity contribution in [2.24, 2.45) is 0 Å². The lowest BCUT2D eigenvalue weighted by molar-refractivity contribution is -0.127. The van der Waals surface area contributed by atoms with Crippen molar-refractivity contribution < 1.29 is 9.59 Å². The molecular weight excluding hydrogens is 280 g/mol. The van der Waals surface area contributed by atoms with Gasteiger partial charge in [-0.25, -0.2) is 4.98 Å². The standard InChI is InChI=1S/C16H24N4O2/c1-4-18(3)8-6-5-7-16(22)19-9-10-20-14(13(2)21)11-17-15(20)12-19/h5,7,11H,4,6,8-10,12H2,1-3H3/b7-5+. The van der Waals surface area contributed by atoms with E-state index in [2.05, 4.69) is 23.9 Å². The van der Waals surface area contributed by atoms with Crippen LogP contribution in [-0.4, -0.2) is 57.7 Å². The summed E-state index contributed by atoms with van der Waals surface area (Å²) in [5.41, 5.74) is 0.625. The first kappa shape index (κ1) is 16.4. The second-order valence-electron chi connectivity index (χ2n) is 5.61. The number of rotatable bonds is 6. The van der Waals surface area contributed by atoms with Crippen LogP contribution in [0.1, 0.15) is 36.6 Å². The van der Waals surface area contributed by atoms with Gasteiger partial charge in [-0.1, -0.05) is 13.0 Å². The van der Waals surface area contributed by atoms with Crippen LogP contribution in [0.3, 0.4) is 0 Å². The zero-order valence-electron chi connectivity index (χ0n) is 13.6. The van der Waals surface area contributed by atoms with E-state index in [0.29, 0.717) is 25.3 Å². The van der Waals surface area contributed by atoms with Crippen LogP contribution in [0.2, 0.25) is 0 Å². The fraction of sp³-hybridized carbons (Fsp3) is 0.562. The normalized spacial score (nSPS) is 14.6. The van der Waals surface area contributed by atoms with Gasteiger partial charge in [0.2, 0.25) is 5.91 Å². The number of Topliss-reactive ketones (excluding diaryl/α,β-unsaturated/α-hetero) is 1. The van der Waals surface area contributed by atoms with Crippen LogP contribution in [0, 0.1) is 0 Å². The molecule has 0 unspecified atom stereocenters. The molecule has 0 N–H and O–H groups in total. The van der Waals surface area contributed by atoms with Crippen LogP contribution >= 0.6 is 0 Å². The number of hydrogen-bond donors (Lipinski definition) is 0. The Morgan fingerprint density at radius 2 is 2.18 bits per heavy atom. The van der Waals surface area contributed by atoms with E-state index in [-0.39, 0.29) is 11.7 Å². The summed E-state index contributed by atoms with van der Waals surface area (Å²) >= 11 is 0. The third kappa shape index (κ3) is 3.82. The Morgan fingerprint density at radius 1 is 1.41 bits per heavy atom. The molecular formula is C16H24N4O2. The molecule has 0 aliphatic carbocycles. The highest BCUT2D eigenvalue weighted by Crippen LogP contribution is 2.15. The lowest BCUT2D eigenvalue weighted by Crippen LogP contribution is -2.38. The van der Waals surface area contributed by atoms with Crippen molar-refractivity contribution in [3.05, 3.63) is 29.9 Å². The number of carbonyl (C=O) groups excluding carboxylic acids is 2. The van der Waals surface area contributed by atoms with Gasteiger partial charge in [-0.3, -0.25) is 9.59 Å². The highest BCUT2D eigenvalue weighted by Gasteiger charge is 2.23. The monoisotopic (exact) mass is 304 g/mol. The summed E-state index contributed by atoms with van der Waals surface area (Å²) in [6.07, 6.45) is 6.04. The van der Waals surface area contributed by atoms with E-state index in [1.807, 2.05) is 10.6 Å². The molecule has 6 heteroatoms. The maximum absolute atomic E-state index is 12.2. The number of ketones is 1. The van der Waals surface area contributed by atoms with Crippen molar-refractivity contribution in [2.75, 3.05) is 26.7 Å². The van der Waals surface area contributed by atoms with E-state index < -0.39 is 0 Å². The predicted molar refractivity (Wildman–Crippen MR) is 84.6 cm³/mol. The van der Waals surface area contributed by atoms with Crippen LogP contribution in [0.4, 0.5) is 0 Å². The fourth-order valence-electron chi connectivity index (χ4n) is 2.47. The van der Waals surface area contributed by atoms with E-state index in [9.17, 15) is 9.59 Å². The van der Waals surface area contributed by atoms with Crippen LogP contribution in [0.15, 0.2) is 18.3 Å². The van der Waals surface area contributed by atoms with E-state index in [1.54, 1.807) is 17.2 Å². The van der Waals surface area contributed by atoms with Gasteiger partial charge in [-0.15, -0.1) is 0 Å². The summed E-state index contributed by atoms with van der Waals surface area (Å²) in [5, 5.41) is 0. The van der Waals surface area contributed by atoms with Crippen molar-refractivity contribution in [2.45, 2.75) is 33.4 Å². The van der Waals surface area contributed by atoms with Gasteiger partial charge < -0.3 is 14.4 Å². The Labute approximate surface area is 131 Å². The zero-order chi connectivity index (χ0) is 16.1. The molecule has 0 radical (unpaired) electrons. The molecule has 1 aliphatic heterocycles. The first-order chi connectivity index (χ1) is 10.5. The average Bonchev–Trinajstić information content (AvgIpc) is 2.94. The molecule has 0 atom stereocenters. The van der Waals surface area contributed by atoms with Crippen molar-refractivity contribution in [1.29, 1.82) is 0 Å². The summed E-state index contributed by atoms with van der Waals surface area (Å²) in [7, 11) is 2.06. The Balaban J connectivity index is 1.90. The van der Waals surface area contributed by atoms with Gasteiger partial charge in [0, 0.05) is 26.6 Å². The van der Waals surface area contributed by atoms with Gasteiger partial charge in [-0.2, -0.15) is 0 Å². The molecule has 0 saturated carbocycles. The summed E-state index contributed by atoms with van der Waals surface area (Å²) in [4.78, 5) is 31.9. The summed E-state index contributed by atoms with van der Waals surface area (Å²) in [6.45, 7) is 7.31. The number of aromatic nitrogens is 2. The molecule has 0 saturated heterocycles.